The third-order valence-electron chi connectivity index (χ3n) is 17.4. The summed E-state index contributed by atoms with van der Waals surface area (Å²) in [4.78, 5) is 14.7. The van der Waals surface area contributed by atoms with Crippen molar-refractivity contribution in [3.8, 4) is 0 Å². The molecule has 0 aromatic rings. The summed E-state index contributed by atoms with van der Waals surface area (Å²) >= 11 is 0. The Morgan fingerprint density at radius 3 is 1.92 bits per heavy atom. The van der Waals surface area contributed by atoms with E-state index in [-0.39, 0.29) is 67.3 Å². The largest absolute Gasteiger partial charge is 0.394 e. The number of fused-ring (bicyclic) bond motifs is 7. The number of ether oxygens (including phenoxy) is 7. The van der Waals surface area contributed by atoms with Crippen LogP contribution < -0.4 is 0 Å². The number of ketones is 1. The second-order valence-corrected chi connectivity index (χ2v) is 21.0. The highest BCUT2D eigenvalue weighted by Gasteiger charge is 2.71. The maximum atomic E-state index is 14.7. The number of rotatable bonds is 13. The van der Waals surface area contributed by atoms with Crippen LogP contribution in [-0.4, -0.2) is 215 Å². The van der Waals surface area contributed by atoms with Gasteiger partial charge in [-0.2, -0.15) is 0 Å². The normalized spacial score (nSPS) is 54.2. The van der Waals surface area contributed by atoms with Gasteiger partial charge in [-0.25, -0.2) is 0 Å². The summed E-state index contributed by atoms with van der Waals surface area (Å²) in [5, 5.41) is 137. The van der Waals surface area contributed by atoms with E-state index in [4.69, 9.17) is 33.2 Å². The third kappa shape index (κ3) is 8.46. The van der Waals surface area contributed by atoms with E-state index in [1.165, 1.54) is 0 Å². The van der Waals surface area contributed by atoms with Crippen molar-refractivity contribution >= 4 is 5.78 Å². The number of hydrogen-bond donors (Lipinski definition) is 13. The van der Waals surface area contributed by atoms with Gasteiger partial charge in [-0.3, -0.25) is 4.79 Å². The Morgan fingerprint density at radius 1 is 0.712 bits per heavy atom. The molecule has 66 heavy (non-hydrogen) atoms. The van der Waals surface area contributed by atoms with Crippen LogP contribution in [0.2, 0.25) is 0 Å². The highest BCUT2D eigenvalue weighted by molar-refractivity contribution is 5.87. The molecule has 27 unspecified atom stereocenters. The zero-order valence-corrected chi connectivity index (χ0v) is 37.8. The number of allylic oxidation sites excluding steroid dienone is 1. The average Bonchev–Trinajstić information content (AvgIpc) is 3.73. The van der Waals surface area contributed by atoms with Gasteiger partial charge < -0.3 is 99.5 Å². The number of Topliss-reactive ketones (excluding diaryl/α,β-unsaturated/α-hetero) is 1. The molecule has 3 saturated carbocycles. The lowest BCUT2D eigenvalue weighted by Gasteiger charge is -2.59. The highest BCUT2D eigenvalue weighted by atomic mass is 16.7. The van der Waals surface area contributed by atoms with Gasteiger partial charge in [0.15, 0.2) is 24.7 Å². The van der Waals surface area contributed by atoms with Crippen LogP contribution in [0.3, 0.4) is 0 Å². The Labute approximate surface area is 382 Å². The quantitative estimate of drug-likeness (QED) is 0.0790. The van der Waals surface area contributed by atoms with Crippen LogP contribution >= 0.6 is 0 Å². The Bertz CT molecular complexity index is 1730. The van der Waals surface area contributed by atoms with Crippen molar-refractivity contribution in [2.24, 2.45) is 46.3 Å². The molecule has 4 aliphatic carbocycles. The number of hydrogen-bond acceptors (Lipinski definition) is 21. The molecule has 0 aromatic heterocycles. The van der Waals surface area contributed by atoms with E-state index in [9.17, 15) is 71.2 Å². The first-order valence-electron chi connectivity index (χ1n) is 23.6. The van der Waals surface area contributed by atoms with Crippen LogP contribution in [0.15, 0.2) is 11.6 Å². The predicted molar refractivity (Wildman–Crippen MR) is 221 cm³/mol. The van der Waals surface area contributed by atoms with Gasteiger partial charge in [-0.15, -0.1) is 0 Å². The van der Waals surface area contributed by atoms with Crippen LogP contribution in [-0.2, 0) is 38.0 Å². The van der Waals surface area contributed by atoms with Crippen molar-refractivity contribution in [1.29, 1.82) is 0 Å². The summed E-state index contributed by atoms with van der Waals surface area (Å²) in [7, 11) is 0. The molecule has 21 heteroatoms. The Hall–Kier alpha value is -1.39. The summed E-state index contributed by atoms with van der Waals surface area (Å²) in [5.74, 6) is -2.49. The number of carbonyl (C=O) groups is 1. The van der Waals surface area contributed by atoms with Gasteiger partial charge in [-0.1, -0.05) is 39.3 Å². The van der Waals surface area contributed by atoms with Gasteiger partial charge in [0.2, 0.25) is 0 Å². The summed E-state index contributed by atoms with van der Waals surface area (Å²) in [6.45, 7) is 5.89. The summed E-state index contributed by atoms with van der Waals surface area (Å²) in [6, 6.07) is 0. The van der Waals surface area contributed by atoms with Gasteiger partial charge in [0, 0.05) is 41.9 Å². The first kappa shape index (κ1) is 51.0. The lowest BCUT2D eigenvalue weighted by atomic mass is 9.46. The van der Waals surface area contributed by atoms with E-state index in [0.717, 1.165) is 5.57 Å². The van der Waals surface area contributed by atoms with Crippen LogP contribution in [0.4, 0.5) is 0 Å². The molecule has 0 bridgehead atoms. The van der Waals surface area contributed by atoms with E-state index in [1.807, 2.05) is 27.7 Å². The minimum atomic E-state index is -1.81. The lowest BCUT2D eigenvalue weighted by molar-refractivity contribution is -0.363. The third-order valence-corrected chi connectivity index (χ3v) is 17.4. The van der Waals surface area contributed by atoms with Crippen LogP contribution in [0.1, 0.15) is 72.6 Å². The second kappa shape index (κ2) is 19.3. The van der Waals surface area contributed by atoms with Gasteiger partial charge in [0.05, 0.1) is 44.7 Å². The van der Waals surface area contributed by atoms with Crippen molar-refractivity contribution in [1.82, 2.24) is 0 Å². The molecule has 378 valence electrons. The maximum absolute atomic E-state index is 14.7. The average molecular weight is 949 g/mol. The molecule has 13 N–H and O–H groups in total. The lowest BCUT2D eigenvalue weighted by Crippen LogP contribution is -2.65. The molecule has 27 atom stereocenters. The molecular weight excluding hydrogens is 876 g/mol. The molecule has 8 aliphatic rings. The first-order chi connectivity index (χ1) is 31.1. The van der Waals surface area contributed by atoms with E-state index in [0.29, 0.717) is 25.7 Å². The highest BCUT2D eigenvalue weighted by Crippen LogP contribution is 2.69. The molecular formula is C45H72O21. The maximum Gasteiger partial charge on any atom is 0.187 e. The Kier molecular flexibility index (Phi) is 14.9. The molecule has 4 saturated heterocycles. The molecule has 0 aromatic carbocycles. The minimum absolute atomic E-state index is 0.0345. The fourth-order valence-corrected chi connectivity index (χ4v) is 13.3. The topological polar surface area (TPSA) is 345 Å². The minimum Gasteiger partial charge on any atom is -0.394 e. The van der Waals surface area contributed by atoms with Gasteiger partial charge in [-0.05, 0) is 49.4 Å². The summed E-state index contributed by atoms with van der Waals surface area (Å²) < 4.78 is 40.9. The van der Waals surface area contributed by atoms with Gasteiger partial charge in [0.1, 0.15) is 79.0 Å². The van der Waals surface area contributed by atoms with Crippen molar-refractivity contribution < 1.29 is 104 Å². The summed E-state index contributed by atoms with van der Waals surface area (Å²) in [5.41, 5.74) is -0.676. The molecule has 4 aliphatic heterocycles. The van der Waals surface area contributed by atoms with Crippen molar-refractivity contribution in [2.45, 2.75) is 189 Å². The monoisotopic (exact) mass is 948 g/mol. The zero-order valence-electron chi connectivity index (χ0n) is 37.8. The molecule has 21 nitrogen and oxygen atoms in total. The van der Waals surface area contributed by atoms with Gasteiger partial charge >= 0.3 is 0 Å². The molecule has 0 amide bonds. The predicted octanol–water partition coefficient (Wildman–Crippen LogP) is -3.71. The standard InChI is InChI=1S/C45H72O21/c1-17(16-60-40-36(56)33(53)31(51)25(13-46)62-40)7-8-45(59)18(2)30-24(66-45)11-22-21-6-5-19-9-20(10-28(49)43(19,3)23(21)12-29(50)44(22,30)4)61-41-38(58)35(55)39(27(15-48)64-41)65-42-37(57)34(54)32(52)26(14-47)63-42/h5,17-18,20-28,30-42,46-49,51-59H,6-16H2,1-4H3. The molecule has 7 fully saturated rings. The van der Waals surface area contributed by atoms with Crippen LogP contribution in [0.25, 0.3) is 0 Å². The fourth-order valence-electron chi connectivity index (χ4n) is 13.3. The van der Waals surface area contributed by atoms with Crippen LogP contribution in [0, 0.1) is 46.3 Å². The molecule has 0 radical (unpaired) electrons. The smallest absolute Gasteiger partial charge is 0.187 e. The second-order valence-electron chi connectivity index (χ2n) is 21.0. The number of aliphatic hydroxyl groups is 13. The number of carbonyl (C=O) groups excluding carboxylic acids is 1. The first-order valence-corrected chi connectivity index (χ1v) is 23.6. The van der Waals surface area contributed by atoms with E-state index >= 15 is 0 Å². The van der Waals surface area contributed by atoms with Crippen molar-refractivity contribution in [2.75, 3.05) is 26.4 Å². The summed E-state index contributed by atoms with van der Waals surface area (Å²) in [6.07, 6.45) is -20.3. The van der Waals surface area contributed by atoms with Crippen molar-refractivity contribution in [3.05, 3.63) is 11.6 Å². The fraction of sp³-hybridized carbons (Fsp3) is 0.933. The molecule has 0 spiro atoms. The van der Waals surface area contributed by atoms with Gasteiger partial charge in [0.25, 0.3) is 0 Å². The SMILES string of the molecule is CC(CCC1(O)OC2CC3C4CC=C5CC(OC6OC(CO)C(OC7OC(CO)C(O)C(O)C7O)C(O)C6O)CC(O)C5(C)C4CC(=O)C3(C)C2C1C)COC1OC(CO)C(O)C(O)C1O. The Balaban J connectivity index is 0.885. The van der Waals surface area contributed by atoms with Crippen LogP contribution in [0.5, 0.6) is 0 Å². The molecule has 4 heterocycles. The molecule has 8 rings (SSSR count). The van der Waals surface area contributed by atoms with E-state index in [1.54, 1.807) is 0 Å². The van der Waals surface area contributed by atoms with Crippen molar-refractivity contribution in [3.63, 3.8) is 0 Å². The van der Waals surface area contributed by atoms with E-state index < -0.39 is 147 Å². The number of aliphatic hydroxyl groups excluding tert-OH is 12. The Morgan fingerprint density at radius 2 is 1.29 bits per heavy atom. The van der Waals surface area contributed by atoms with E-state index in [2.05, 4.69) is 6.08 Å². The zero-order chi connectivity index (χ0) is 47.9.